The van der Waals surface area contributed by atoms with E-state index in [1.54, 1.807) is 7.05 Å². The van der Waals surface area contributed by atoms with Crippen LogP contribution in [0, 0.1) is 23.7 Å². The van der Waals surface area contributed by atoms with Gasteiger partial charge < -0.3 is 24.4 Å². The highest BCUT2D eigenvalue weighted by Crippen LogP contribution is 2.47. The van der Waals surface area contributed by atoms with Gasteiger partial charge in [-0.25, -0.2) is 4.79 Å². The van der Waals surface area contributed by atoms with Crippen molar-refractivity contribution in [2.75, 3.05) is 64.9 Å². The van der Waals surface area contributed by atoms with Crippen LogP contribution in [0.1, 0.15) is 74.4 Å². The van der Waals surface area contributed by atoms with E-state index in [1.165, 1.54) is 5.56 Å². The van der Waals surface area contributed by atoms with Gasteiger partial charge in [0.25, 0.3) is 5.91 Å². The number of ether oxygens (including phenoxy) is 3. The molecule has 278 valence electrons. The van der Waals surface area contributed by atoms with E-state index >= 15 is 0 Å². The van der Waals surface area contributed by atoms with E-state index in [9.17, 15) is 9.59 Å². The summed E-state index contributed by atoms with van der Waals surface area (Å²) in [6, 6.07) is 12.0. The Morgan fingerprint density at radius 2 is 1.92 bits per heavy atom. The predicted octanol–water partition coefficient (Wildman–Crippen LogP) is 7.21. The monoisotopic (exact) mass is 720 g/mol. The molecular weight excluding hydrogens is 664 g/mol. The van der Waals surface area contributed by atoms with Gasteiger partial charge in [-0.1, -0.05) is 50.6 Å². The fourth-order valence-corrected chi connectivity index (χ4v) is 8.51. The van der Waals surface area contributed by atoms with Crippen LogP contribution in [0.4, 0.5) is 10.5 Å². The fraction of sp³-hybridized carbons (Fsp3) is 0.610. The standard InChI is InChI=1S/C41H57ClN4O5/c1-28(2)29(3)9-8-17-41(49-5,27-44-19-20-46-35(24-44)26-51-40(46)48)36-15-12-32(36)23-45-18-7-6-10-30-21-34(42)14-11-33(30)25-50-38-16-13-31(22-37(38)45)39(47)43-4/h8,11,13-14,16-17,21-22,28-29,32,35-36H,6-7,9-10,12,15,18-20,23-27H2,1-5H3,(H,43,47)/b17-8+/t29-,32-,35-,36?,41?/m0/s1. The summed E-state index contributed by atoms with van der Waals surface area (Å²) in [5.74, 6) is 2.54. The first kappa shape index (κ1) is 37.5. The lowest BCUT2D eigenvalue weighted by Gasteiger charge is -2.52. The number of nitrogens with one attached hydrogen (secondary N) is 1. The first-order valence-electron chi connectivity index (χ1n) is 19.0. The molecule has 0 radical (unpaired) electrons. The van der Waals surface area contributed by atoms with Crippen LogP contribution in [0.15, 0.2) is 48.6 Å². The van der Waals surface area contributed by atoms with E-state index in [4.69, 9.17) is 25.8 Å². The molecule has 2 unspecified atom stereocenters. The van der Waals surface area contributed by atoms with Crippen molar-refractivity contribution in [2.24, 2.45) is 23.7 Å². The van der Waals surface area contributed by atoms with E-state index < -0.39 is 5.60 Å². The van der Waals surface area contributed by atoms with Gasteiger partial charge in [-0.2, -0.15) is 0 Å². The number of aryl methyl sites for hydroxylation is 1. The summed E-state index contributed by atoms with van der Waals surface area (Å²) in [5, 5.41) is 3.55. The number of carbonyl (C=O) groups is 2. The second-order valence-corrected chi connectivity index (χ2v) is 15.9. The molecule has 2 saturated heterocycles. The highest BCUT2D eigenvalue weighted by Gasteiger charge is 2.49. The molecule has 51 heavy (non-hydrogen) atoms. The molecule has 2 aromatic rings. The third-order valence-corrected chi connectivity index (χ3v) is 12.3. The summed E-state index contributed by atoms with van der Waals surface area (Å²) in [4.78, 5) is 32.0. The van der Waals surface area contributed by atoms with E-state index in [0.29, 0.717) is 49.0 Å². The van der Waals surface area contributed by atoms with Gasteiger partial charge in [-0.3, -0.25) is 14.6 Å². The Hall–Kier alpha value is -3.27. The zero-order valence-electron chi connectivity index (χ0n) is 31.2. The summed E-state index contributed by atoms with van der Waals surface area (Å²) < 4.78 is 18.6. The average Bonchev–Trinajstić information content (AvgIpc) is 3.47. The minimum absolute atomic E-state index is 0.0919. The molecule has 2 amide bonds. The minimum Gasteiger partial charge on any atom is -0.487 e. The van der Waals surface area contributed by atoms with Crippen molar-refractivity contribution in [2.45, 2.75) is 77.5 Å². The summed E-state index contributed by atoms with van der Waals surface area (Å²) in [5.41, 5.74) is 3.50. The summed E-state index contributed by atoms with van der Waals surface area (Å²) in [7, 11) is 3.55. The first-order chi connectivity index (χ1) is 24.6. The fourth-order valence-electron chi connectivity index (χ4n) is 8.32. The largest absolute Gasteiger partial charge is 0.487 e. The van der Waals surface area contributed by atoms with Gasteiger partial charge in [-0.05, 0) is 104 Å². The van der Waals surface area contributed by atoms with E-state index in [2.05, 4.69) is 60.2 Å². The van der Waals surface area contributed by atoms with E-state index in [-0.39, 0.29) is 18.0 Å². The molecule has 10 heteroatoms. The maximum Gasteiger partial charge on any atom is 0.410 e. The lowest BCUT2D eigenvalue weighted by Crippen LogP contribution is -2.60. The maximum absolute atomic E-state index is 12.9. The van der Waals surface area contributed by atoms with Crippen molar-refractivity contribution in [3.8, 4) is 5.75 Å². The second-order valence-electron chi connectivity index (χ2n) is 15.5. The average molecular weight is 721 g/mol. The number of nitrogens with zero attached hydrogens (tertiary/aromatic N) is 3. The summed E-state index contributed by atoms with van der Waals surface area (Å²) in [6.45, 7) is 12.5. The molecule has 0 spiro atoms. The first-order valence-corrected chi connectivity index (χ1v) is 19.4. The molecule has 1 aliphatic carbocycles. The van der Waals surface area contributed by atoms with Crippen LogP contribution in [0.5, 0.6) is 5.75 Å². The molecule has 0 bridgehead atoms. The summed E-state index contributed by atoms with van der Waals surface area (Å²) >= 11 is 6.41. The van der Waals surface area contributed by atoms with Gasteiger partial charge in [-0.15, -0.1) is 0 Å². The van der Waals surface area contributed by atoms with Crippen molar-refractivity contribution < 1.29 is 23.8 Å². The Bertz CT molecular complexity index is 1570. The normalized spacial score (nSPS) is 24.4. The molecule has 1 saturated carbocycles. The molecule has 3 heterocycles. The number of cyclic esters (lactones) is 1. The number of carbonyl (C=O) groups excluding carboxylic acids is 2. The highest BCUT2D eigenvalue weighted by molar-refractivity contribution is 6.30. The number of benzene rings is 2. The smallest absolute Gasteiger partial charge is 0.410 e. The number of halogens is 1. The lowest BCUT2D eigenvalue weighted by molar-refractivity contribution is -0.0961. The Morgan fingerprint density at radius 3 is 2.67 bits per heavy atom. The van der Waals surface area contributed by atoms with Gasteiger partial charge in [0.2, 0.25) is 0 Å². The topological polar surface area (TPSA) is 83.6 Å². The van der Waals surface area contributed by atoms with Crippen LogP contribution >= 0.6 is 11.6 Å². The number of fused-ring (bicyclic) bond motifs is 3. The minimum atomic E-state index is -0.468. The van der Waals surface area contributed by atoms with Crippen LogP contribution < -0.4 is 15.0 Å². The SMILES string of the molecule is CNC(=O)c1ccc2c(c1)N(C[C@@H]1CCC1C(/C=C/C[C@H](C)C(C)C)(CN1CCN3C(=O)OC[C@@H]3C1)OC)CCCCc1cc(Cl)ccc1CO2. The molecule has 3 aliphatic heterocycles. The second kappa shape index (κ2) is 16.6. The Morgan fingerprint density at radius 1 is 1.08 bits per heavy atom. The van der Waals surface area contributed by atoms with Crippen LogP contribution in [-0.2, 0) is 22.5 Å². The van der Waals surface area contributed by atoms with Crippen molar-refractivity contribution in [1.29, 1.82) is 0 Å². The number of allylic oxidation sites excluding steroid dienone is 1. The zero-order chi connectivity index (χ0) is 36.1. The van der Waals surface area contributed by atoms with E-state index in [1.807, 2.05) is 36.3 Å². The van der Waals surface area contributed by atoms with Crippen LogP contribution in [-0.4, -0.2) is 93.5 Å². The third kappa shape index (κ3) is 8.52. The van der Waals surface area contributed by atoms with Crippen molar-refractivity contribution in [3.63, 3.8) is 0 Å². The summed E-state index contributed by atoms with van der Waals surface area (Å²) in [6.07, 6.45) is 10.7. The van der Waals surface area contributed by atoms with Gasteiger partial charge in [0.15, 0.2) is 0 Å². The van der Waals surface area contributed by atoms with Gasteiger partial charge >= 0.3 is 6.09 Å². The van der Waals surface area contributed by atoms with E-state index in [0.717, 1.165) is 93.3 Å². The van der Waals surface area contributed by atoms with Gasteiger partial charge in [0.05, 0.1) is 11.7 Å². The molecule has 4 aliphatic rings. The molecule has 3 fully saturated rings. The lowest BCUT2D eigenvalue weighted by atomic mass is 9.63. The third-order valence-electron chi connectivity index (χ3n) is 12.1. The van der Waals surface area contributed by atoms with Crippen molar-refractivity contribution >= 4 is 29.3 Å². The maximum atomic E-state index is 12.9. The number of anilines is 1. The molecule has 2 aromatic carbocycles. The van der Waals surface area contributed by atoms with Crippen molar-refractivity contribution in [1.82, 2.24) is 15.1 Å². The Kier molecular flexibility index (Phi) is 12.2. The number of rotatable bonds is 11. The van der Waals surface area contributed by atoms with Crippen LogP contribution in [0.25, 0.3) is 0 Å². The van der Waals surface area contributed by atoms with Crippen LogP contribution in [0.2, 0.25) is 5.02 Å². The van der Waals surface area contributed by atoms with Crippen molar-refractivity contribution in [3.05, 3.63) is 70.3 Å². The number of piperazine rings is 1. The Balaban J connectivity index is 1.28. The predicted molar refractivity (Wildman–Crippen MR) is 203 cm³/mol. The molecule has 5 atom stereocenters. The number of hydrogen-bond donors (Lipinski definition) is 1. The molecular formula is C41H57ClN4O5. The number of amides is 2. The van der Waals surface area contributed by atoms with Gasteiger partial charge in [0, 0.05) is 64.0 Å². The molecule has 0 aromatic heterocycles. The molecule has 6 rings (SSSR count). The molecule has 1 N–H and O–H groups in total. The molecule has 9 nitrogen and oxygen atoms in total. The zero-order valence-corrected chi connectivity index (χ0v) is 31.9. The highest BCUT2D eigenvalue weighted by atomic mass is 35.5. The van der Waals surface area contributed by atoms with Crippen LogP contribution in [0.3, 0.4) is 0 Å². The number of hydrogen-bond acceptors (Lipinski definition) is 7. The number of methoxy groups -OCH3 is 1. The Labute approximate surface area is 309 Å². The van der Waals surface area contributed by atoms with Gasteiger partial charge in [0.1, 0.15) is 24.6 Å². The quantitative estimate of drug-likeness (QED) is 0.246.